The van der Waals surface area contributed by atoms with Gasteiger partial charge in [0.05, 0.1) is 5.97 Å². The minimum Gasteiger partial charge on any atom is -0.545 e. The molecule has 50 valence electrons. The molecule has 1 rings (SSSR count). The third kappa shape index (κ3) is 1.06. The lowest BCUT2D eigenvalue weighted by molar-refractivity contribution is -0.308. The highest BCUT2D eigenvalue weighted by molar-refractivity contribution is 8.02. The molecule has 1 aliphatic rings. The number of hydrogen-bond acceptors (Lipinski definition) is 5. The Morgan fingerprint density at radius 3 is 2.89 bits per heavy atom. The van der Waals surface area contributed by atoms with Crippen molar-refractivity contribution in [3.8, 4) is 0 Å². The Labute approximate surface area is 56.1 Å². The smallest absolute Gasteiger partial charge is 0.195 e. The van der Waals surface area contributed by atoms with Gasteiger partial charge in [-0.2, -0.15) is 0 Å². The quantitative estimate of drug-likeness (QED) is 0.470. The first-order chi connectivity index (χ1) is 4.15. The molecular weight excluding hydrogens is 140 g/mol. The molecule has 5 heteroatoms. The first kappa shape index (κ1) is 6.57. The molecular formula is C4H5N2O2S-. The van der Waals surface area contributed by atoms with E-state index in [4.69, 9.17) is 5.73 Å². The predicted molar refractivity (Wildman–Crippen MR) is 32.9 cm³/mol. The van der Waals surface area contributed by atoms with Crippen LogP contribution in [0.5, 0.6) is 0 Å². The lowest BCUT2D eigenvalue weighted by Gasteiger charge is -2.19. The predicted octanol–water partition coefficient (Wildman–Crippen LogP) is -1.83. The van der Waals surface area contributed by atoms with E-state index >= 15 is 0 Å². The fourth-order valence-corrected chi connectivity index (χ4v) is 1.16. The Hall–Kier alpha value is -0.550. The summed E-state index contributed by atoms with van der Waals surface area (Å²) in [5.41, 5.74) is 5.20. The molecule has 0 fully saturated rings. The van der Waals surface area contributed by atoms with Gasteiger partial charge >= 0.3 is 0 Å². The molecule has 0 aromatic rings. The lowest BCUT2D eigenvalue weighted by atomic mass is 10.5. The van der Waals surface area contributed by atoms with E-state index in [2.05, 4.69) is 4.99 Å². The summed E-state index contributed by atoms with van der Waals surface area (Å²) in [6.07, 6.45) is 1.47. The van der Waals surface area contributed by atoms with E-state index < -0.39 is 11.0 Å². The first-order valence-electron chi connectivity index (χ1n) is 2.33. The van der Waals surface area contributed by atoms with Crippen molar-refractivity contribution < 1.29 is 9.90 Å². The highest BCUT2D eigenvalue weighted by Gasteiger charge is 2.28. The average molecular weight is 145 g/mol. The van der Waals surface area contributed by atoms with Crippen molar-refractivity contribution in [3.63, 3.8) is 0 Å². The summed E-state index contributed by atoms with van der Waals surface area (Å²) in [5, 5.41) is 10.2. The monoisotopic (exact) mass is 145 g/mol. The van der Waals surface area contributed by atoms with Crippen LogP contribution in [-0.2, 0) is 4.79 Å². The number of thioether (sulfide) groups is 1. The molecule has 1 atom stereocenters. The summed E-state index contributed by atoms with van der Waals surface area (Å²) < 4.78 is 0. The Kier molecular flexibility index (Phi) is 1.46. The number of carbonyl (C=O) groups excluding carboxylic acids is 1. The fourth-order valence-electron chi connectivity index (χ4n) is 0.486. The third-order valence-electron chi connectivity index (χ3n) is 0.953. The second-order valence-corrected chi connectivity index (χ2v) is 2.85. The second-order valence-electron chi connectivity index (χ2n) is 1.61. The zero-order chi connectivity index (χ0) is 6.91. The topological polar surface area (TPSA) is 78.5 Å². The van der Waals surface area contributed by atoms with Gasteiger partial charge < -0.3 is 9.90 Å². The largest absolute Gasteiger partial charge is 0.545 e. The molecule has 1 heterocycles. The van der Waals surface area contributed by atoms with Crippen LogP contribution >= 0.6 is 11.8 Å². The van der Waals surface area contributed by atoms with Crippen molar-refractivity contribution in [2.24, 2.45) is 10.7 Å². The Bertz CT molecular complexity index is 170. The first-order valence-corrected chi connectivity index (χ1v) is 3.32. The molecule has 0 saturated heterocycles. The number of aliphatic carboxylic acids is 1. The zero-order valence-corrected chi connectivity index (χ0v) is 5.35. The lowest BCUT2D eigenvalue weighted by Crippen LogP contribution is -2.50. The van der Waals surface area contributed by atoms with E-state index in [1.807, 2.05) is 0 Å². The molecule has 0 spiro atoms. The van der Waals surface area contributed by atoms with Crippen LogP contribution in [-0.4, -0.2) is 22.9 Å². The summed E-state index contributed by atoms with van der Waals surface area (Å²) in [6.45, 7) is 0. The Morgan fingerprint density at radius 2 is 2.67 bits per heavy atom. The number of carbonyl (C=O) groups is 1. The highest BCUT2D eigenvalue weighted by Crippen LogP contribution is 2.23. The fraction of sp³-hybridized carbons (Fsp3) is 0.500. The summed E-state index contributed by atoms with van der Waals surface area (Å²) in [5.74, 6) is -0.786. The van der Waals surface area contributed by atoms with Gasteiger partial charge in [-0.15, -0.1) is 11.8 Å². The van der Waals surface area contributed by atoms with Gasteiger partial charge in [0.2, 0.25) is 0 Å². The Morgan fingerprint density at radius 1 is 2.00 bits per heavy atom. The van der Waals surface area contributed by atoms with Crippen LogP contribution in [0, 0.1) is 0 Å². The van der Waals surface area contributed by atoms with Crippen molar-refractivity contribution in [3.05, 3.63) is 0 Å². The molecule has 0 amide bonds. The maximum Gasteiger partial charge on any atom is 0.195 e. The molecule has 0 aromatic carbocycles. The molecule has 0 radical (unpaired) electrons. The Balaban J connectivity index is 2.74. The molecule has 1 aliphatic heterocycles. The number of hydrogen-bond donors (Lipinski definition) is 1. The SMILES string of the molecule is N[C@]1(C(=O)[O-])N=CCS1. The van der Waals surface area contributed by atoms with E-state index in [1.54, 1.807) is 0 Å². The molecule has 4 nitrogen and oxygen atoms in total. The van der Waals surface area contributed by atoms with Gasteiger partial charge in [0.1, 0.15) is 0 Å². The van der Waals surface area contributed by atoms with Crippen LogP contribution in [0.3, 0.4) is 0 Å². The summed E-state index contributed by atoms with van der Waals surface area (Å²) in [7, 11) is 0. The van der Waals surface area contributed by atoms with Gasteiger partial charge in [-0.1, -0.05) is 0 Å². The van der Waals surface area contributed by atoms with Crippen LogP contribution in [0.2, 0.25) is 0 Å². The van der Waals surface area contributed by atoms with Crippen LogP contribution in [0.15, 0.2) is 4.99 Å². The van der Waals surface area contributed by atoms with Crippen LogP contribution in [0.4, 0.5) is 0 Å². The third-order valence-corrected chi connectivity index (χ3v) is 1.98. The number of aliphatic imine (C=N–C) groups is 1. The molecule has 2 N–H and O–H groups in total. The van der Waals surface area contributed by atoms with Crippen molar-refractivity contribution in [1.29, 1.82) is 0 Å². The number of carboxylic acids is 1. The zero-order valence-electron chi connectivity index (χ0n) is 4.53. The van der Waals surface area contributed by atoms with Crippen molar-refractivity contribution >= 4 is 23.9 Å². The van der Waals surface area contributed by atoms with E-state index in [1.165, 1.54) is 6.21 Å². The molecule has 0 bridgehead atoms. The normalized spacial score (nSPS) is 33.0. The van der Waals surface area contributed by atoms with Gasteiger partial charge in [0.15, 0.2) is 4.99 Å². The van der Waals surface area contributed by atoms with E-state index in [9.17, 15) is 9.90 Å². The minimum atomic E-state index is -1.51. The van der Waals surface area contributed by atoms with Gasteiger partial charge in [-0.25, -0.2) is 0 Å². The maximum absolute atomic E-state index is 10.2. The minimum absolute atomic E-state index is 0.546. The van der Waals surface area contributed by atoms with E-state index in [0.29, 0.717) is 5.75 Å². The molecule has 0 aromatic heterocycles. The van der Waals surface area contributed by atoms with Gasteiger partial charge in [-0.05, 0) is 0 Å². The van der Waals surface area contributed by atoms with Gasteiger partial charge in [-0.3, -0.25) is 10.7 Å². The number of nitrogens with two attached hydrogens (primary N) is 1. The number of rotatable bonds is 1. The van der Waals surface area contributed by atoms with Crippen molar-refractivity contribution in [1.82, 2.24) is 0 Å². The van der Waals surface area contributed by atoms with Crippen LogP contribution in [0.1, 0.15) is 0 Å². The summed E-state index contributed by atoms with van der Waals surface area (Å²) in [6, 6.07) is 0. The van der Waals surface area contributed by atoms with E-state index in [0.717, 1.165) is 11.8 Å². The maximum atomic E-state index is 10.2. The van der Waals surface area contributed by atoms with Crippen molar-refractivity contribution in [2.75, 3.05) is 5.75 Å². The standard InChI is InChI=1S/C4H6N2O2S/c5-4(3(7)8)6-1-2-9-4/h1H,2,5H2,(H,7,8)/p-1/t4-/m1/s1. The summed E-state index contributed by atoms with van der Waals surface area (Å²) >= 11 is 1.05. The van der Waals surface area contributed by atoms with E-state index in [-0.39, 0.29) is 0 Å². The molecule has 0 saturated carbocycles. The highest BCUT2D eigenvalue weighted by atomic mass is 32.2. The molecule has 0 unspecified atom stereocenters. The summed E-state index contributed by atoms with van der Waals surface area (Å²) in [4.78, 5) is 12.2. The second kappa shape index (κ2) is 2.00. The van der Waals surface area contributed by atoms with Gasteiger partial charge in [0.25, 0.3) is 0 Å². The van der Waals surface area contributed by atoms with Crippen LogP contribution in [0.25, 0.3) is 0 Å². The van der Waals surface area contributed by atoms with Gasteiger partial charge in [0, 0.05) is 12.0 Å². The average Bonchev–Trinajstić information content (AvgIpc) is 2.16. The molecule has 0 aliphatic carbocycles. The van der Waals surface area contributed by atoms with Crippen LogP contribution < -0.4 is 10.8 Å². The molecule has 9 heavy (non-hydrogen) atoms. The van der Waals surface area contributed by atoms with Crippen molar-refractivity contribution in [2.45, 2.75) is 4.99 Å². The number of carboxylic acid groups (broad SMARTS) is 1. The number of nitrogens with zero attached hydrogens (tertiary/aromatic N) is 1.